The van der Waals surface area contributed by atoms with Crippen molar-refractivity contribution in [1.29, 1.82) is 0 Å². The Balaban J connectivity index is 0.000000461. The van der Waals surface area contributed by atoms with Crippen molar-refractivity contribution in [3.8, 4) is 0 Å². The van der Waals surface area contributed by atoms with E-state index in [1.165, 1.54) is 11.1 Å². The zero-order chi connectivity index (χ0) is 8.85. The zero-order valence-electron chi connectivity index (χ0n) is 8.18. The van der Waals surface area contributed by atoms with Gasteiger partial charge < -0.3 is 0 Å². The molecule has 0 saturated carbocycles. The number of hydrogen-bond donors (Lipinski definition) is 0. The maximum Gasteiger partial charge on any atom is 0.171 e. The number of pyridine rings is 1. The third-order valence-electron chi connectivity index (χ3n) is 1.58. The maximum absolute atomic E-state index is 2.12. The minimum atomic E-state index is 1.35. The van der Waals surface area contributed by atoms with Gasteiger partial charge in [0.15, 0.2) is 12.4 Å². The molecule has 1 heterocycles. The molecule has 0 aliphatic rings. The Morgan fingerprint density at radius 3 is 2.00 bits per heavy atom. The molecule has 0 N–H and O–H groups in total. The summed E-state index contributed by atoms with van der Waals surface area (Å²) in [5.41, 5.74) is 2.70. The van der Waals surface area contributed by atoms with Gasteiger partial charge in [0, 0.05) is 11.6 Å². The molecule has 11 heavy (non-hydrogen) atoms. The lowest BCUT2D eigenvalue weighted by molar-refractivity contribution is -0.671. The number of hydrogen-bond acceptors (Lipinski definition) is 0. The summed E-state index contributed by atoms with van der Waals surface area (Å²) in [5.74, 6) is 0. The molecule has 0 fully saturated rings. The van der Waals surface area contributed by atoms with Gasteiger partial charge in [0.2, 0.25) is 0 Å². The van der Waals surface area contributed by atoms with Crippen LogP contribution in [0.25, 0.3) is 0 Å². The summed E-state index contributed by atoms with van der Waals surface area (Å²) < 4.78 is 2.06. The van der Waals surface area contributed by atoms with E-state index in [1.807, 2.05) is 20.9 Å². The summed E-state index contributed by atoms with van der Waals surface area (Å²) in [6.45, 7) is 8.24. The normalized spacial score (nSPS) is 8.45. The minimum absolute atomic E-state index is 1.35. The van der Waals surface area contributed by atoms with Crippen molar-refractivity contribution in [1.82, 2.24) is 0 Å². The Morgan fingerprint density at radius 1 is 1.09 bits per heavy atom. The van der Waals surface area contributed by atoms with Gasteiger partial charge in [-0.3, -0.25) is 0 Å². The zero-order valence-corrected chi connectivity index (χ0v) is 8.18. The fraction of sp³-hybridized carbons (Fsp3) is 0.500. The minimum Gasteiger partial charge on any atom is -0.208 e. The van der Waals surface area contributed by atoms with Crippen LogP contribution in [0.5, 0.6) is 0 Å². The van der Waals surface area contributed by atoms with Crippen LogP contribution in [-0.4, -0.2) is 0 Å². The van der Waals surface area contributed by atoms with Crippen molar-refractivity contribution in [3.63, 3.8) is 0 Å². The van der Waals surface area contributed by atoms with Crippen molar-refractivity contribution in [2.45, 2.75) is 27.7 Å². The van der Waals surface area contributed by atoms with Gasteiger partial charge in [-0.05, 0) is 19.4 Å². The van der Waals surface area contributed by atoms with Gasteiger partial charge in [0.25, 0.3) is 0 Å². The fourth-order valence-electron chi connectivity index (χ4n) is 0.811. The Hall–Kier alpha value is -0.850. The highest BCUT2D eigenvalue weighted by Crippen LogP contribution is 1.99. The summed E-state index contributed by atoms with van der Waals surface area (Å²) in [6.07, 6.45) is 4.18. The Bertz CT molecular complexity index is 216. The average molecular weight is 152 g/mol. The summed E-state index contributed by atoms with van der Waals surface area (Å²) in [5, 5.41) is 0. The molecule has 0 spiro atoms. The van der Waals surface area contributed by atoms with Crippen LogP contribution >= 0.6 is 0 Å². The van der Waals surface area contributed by atoms with Crippen molar-refractivity contribution in [3.05, 3.63) is 29.6 Å². The van der Waals surface area contributed by atoms with Crippen molar-refractivity contribution in [2.24, 2.45) is 7.05 Å². The molecular weight excluding hydrogens is 134 g/mol. The Labute approximate surface area is 69.7 Å². The lowest BCUT2D eigenvalue weighted by atomic mass is 10.2. The monoisotopic (exact) mass is 152 g/mol. The Morgan fingerprint density at radius 2 is 1.64 bits per heavy atom. The summed E-state index contributed by atoms with van der Waals surface area (Å²) >= 11 is 0. The van der Waals surface area contributed by atoms with Crippen LogP contribution in [0.2, 0.25) is 0 Å². The summed E-state index contributed by atoms with van der Waals surface area (Å²) in [6, 6.07) is 2.12. The van der Waals surface area contributed by atoms with E-state index in [4.69, 9.17) is 0 Å². The standard InChI is InChI=1S/C8H12N.C2H6/c1-7-4-5-9(3)6-8(7)2;1-2/h4-6H,1-3H3;1-2H3/q+1;. The molecule has 62 valence electrons. The van der Waals surface area contributed by atoms with Gasteiger partial charge in [-0.2, -0.15) is 0 Å². The molecule has 0 saturated heterocycles. The van der Waals surface area contributed by atoms with Gasteiger partial charge in [-0.1, -0.05) is 13.8 Å². The van der Waals surface area contributed by atoms with Gasteiger partial charge in [-0.15, -0.1) is 0 Å². The number of rotatable bonds is 0. The topological polar surface area (TPSA) is 3.88 Å². The molecule has 1 aromatic rings. The van der Waals surface area contributed by atoms with Crippen molar-refractivity contribution >= 4 is 0 Å². The van der Waals surface area contributed by atoms with Crippen LogP contribution in [0.1, 0.15) is 25.0 Å². The van der Waals surface area contributed by atoms with E-state index in [0.29, 0.717) is 0 Å². The highest BCUT2D eigenvalue weighted by molar-refractivity contribution is 5.16. The molecule has 1 aromatic heterocycles. The van der Waals surface area contributed by atoms with Gasteiger partial charge in [0.1, 0.15) is 7.05 Å². The predicted octanol–water partition coefficient (Wildman–Crippen LogP) is 2.15. The highest BCUT2D eigenvalue weighted by Gasteiger charge is 1.94. The van der Waals surface area contributed by atoms with E-state index in [1.54, 1.807) is 0 Å². The molecule has 1 heteroatoms. The first-order chi connectivity index (χ1) is 5.20. The molecule has 1 rings (SSSR count). The van der Waals surface area contributed by atoms with Crippen molar-refractivity contribution < 1.29 is 4.57 Å². The molecule has 0 aromatic carbocycles. The summed E-state index contributed by atoms with van der Waals surface area (Å²) in [4.78, 5) is 0. The second-order valence-electron chi connectivity index (χ2n) is 2.48. The van der Waals surface area contributed by atoms with Crippen LogP contribution < -0.4 is 4.57 Å². The number of aromatic nitrogens is 1. The van der Waals surface area contributed by atoms with E-state index in [2.05, 4.69) is 36.9 Å². The summed E-state index contributed by atoms with van der Waals surface area (Å²) in [7, 11) is 2.03. The largest absolute Gasteiger partial charge is 0.208 e. The number of nitrogens with zero attached hydrogens (tertiary/aromatic N) is 1. The van der Waals surface area contributed by atoms with Crippen molar-refractivity contribution in [2.75, 3.05) is 0 Å². The second kappa shape index (κ2) is 4.89. The first kappa shape index (κ1) is 10.2. The van der Waals surface area contributed by atoms with Crippen LogP contribution in [0.15, 0.2) is 18.5 Å². The van der Waals surface area contributed by atoms with Gasteiger partial charge >= 0.3 is 0 Å². The molecule has 0 unspecified atom stereocenters. The quantitative estimate of drug-likeness (QED) is 0.501. The van der Waals surface area contributed by atoms with Gasteiger partial charge in [0.05, 0.1) is 0 Å². The van der Waals surface area contributed by atoms with Crippen LogP contribution in [0.4, 0.5) is 0 Å². The average Bonchev–Trinajstić information content (AvgIpc) is 2.02. The molecule has 1 nitrogen and oxygen atoms in total. The SMILES string of the molecule is CC.Cc1cc[n+](C)cc1C. The van der Waals surface area contributed by atoms with E-state index in [0.717, 1.165) is 0 Å². The van der Waals surface area contributed by atoms with Crippen LogP contribution in [-0.2, 0) is 7.05 Å². The van der Waals surface area contributed by atoms with E-state index in [9.17, 15) is 0 Å². The third kappa shape index (κ3) is 3.17. The van der Waals surface area contributed by atoms with E-state index >= 15 is 0 Å². The Kier molecular flexibility index (Phi) is 4.51. The smallest absolute Gasteiger partial charge is 0.171 e. The van der Waals surface area contributed by atoms with Crippen LogP contribution in [0, 0.1) is 13.8 Å². The predicted molar refractivity (Wildman–Crippen MR) is 48.4 cm³/mol. The van der Waals surface area contributed by atoms with E-state index < -0.39 is 0 Å². The van der Waals surface area contributed by atoms with Gasteiger partial charge in [-0.25, -0.2) is 4.57 Å². The first-order valence-electron chi connectivity index (χ1n) is 4.12. The molecule has 0 aliphatic carbocycles. The second-order valence-corrected chi connectivity index (χ2v) is 2.48. The maximum atomic E-state index is 2.12. The molecule has 0 radical (unpaired) electrons. The number of aryl methyl sites for hydroxylation is 3. The molecular formula is C10H18N+. The molecule has 0 aliphatic heterocycles. The lowest BCUT2D eigenvalue weighted by Crippen LogP contribution is -2.26. The molecule has 0 bridgehead atoms. The fourth-order valence-corrected chi connectivity index (χ4v) is 0.811. The molecule has 0 atom stereocenters. The van der Waals surface area contributed by atoms with E-state index in [-0.39, 0.29) is 0 Å². The third-order valence-corrected chi connectivity index (χ3v) is 1.58. The highest BCUT2D eigenvalue weighted by atomic mass is 14.9. The molecule has 0 amide bonds. The lowest BCUT2D eigenvalue weighted by Gasteiger charge is -1.93. The first-order valence-corrected chi connectivity index (χ1v) is 4.12. The van der Waals surface area contributed by atoms with Crippen LogP contribution in [0.3, 0.4) is 0 Å².